The Bertz CT molecular complexity index is 462. The maximum atomic E-state index is 12.2. The molecule has 6 heteroatoms. The molecule has 110 valence electrons. The van der Waals surface area contributed by atoms with E-state index in [-0.39, 0.29) is 5.91 Å². The van der Waals surface area contributed by atoms with Gasteiger partial charge in [0.15, 0.2) is 0 Å². The Morgan fingerprint density at radius 3 is 2.90 bits per heavy atom. The summed E-state index contributed by atoms with van der Waals surface area (Å²) in [7, 11) is 2.00. The van der Waals surface area contributed by atoms with Crippen LogP contribution in [0.3, 0.4) is 0 Å². The van der Waals surface area contributed by atoms with Crippen molar-refractivity contribution in [2.24, 2.45) is 0 Å². The Labute approximate surface area is 119 Å². The molecular weight excluding hydrogens is 254 g/mol. The summed E-state index contributed by atoms with van der Waals surface area (Å²) in [5.74, 6) is 0.228. The summed E-state index contributed by atoms with van der Waals surface area (Å²) in [6.45, 7) is 4.73. The number of nitrogens with zero attached hydrogens (tertiary/aromatic N) is 4. The van der Waals surface area contributed by atoms with Crippen LogP contribution in [-0.2, 0) is 11.3 Å². The third-order valence-corrected chi connectivity index (χ3v) is 3.99. The molecule has 20 heavy (non-hydrogen) atoms. The minimum Gasteiger partial charge on any atom is -0.339 e. The molecule has 2 aliphatic rings. The molecule has 2 heterocycles. The van der Waals surface area contributed by atoms with Crippen LogP contribution in [0.15, 0.2) is 12.5 Å². The molecule has 0 aromatic carbocycles. The van der Waals surface area contributed by atoms with Gasteiger partial charge in [-0.25, -0.2) is 4.98 Å². The number of hydrogen-bond donors (Lipinski definition) is 1. The lowest BCUT2D eigenvalue weighted by Gasteiger charge is -2.29. The van der Waals surface area contributed by atoms with E-state index in [9.17, 15) is 4.79 Å². The molecule has 1 amide bonds. The summed E-state index contributed by atoms with van der Waals surface area (Å²) in [6.07, 6.45) is 6.35. The summed E-state index contributed by atoms with van der Waals surface area (Å²) < 4.78 is 2.26. The monoisotopic (exact) mass is 277 g/mol. The van der Waals surface area contributed by atoms with Crippen LogP contribution in [0.1, 0.15) is 24.6 Å². The number of carbonyl (C=O) groups is 1. The van der Waals surface area contributed by atoms with Gasteiger partial charge in [0.2, 0.25) is 5.91 Å². The van der Waals surface area contributed by atoms with Crippen molar-refractivity contribution in [1.82, 2.24) is 24.7 Å². The molecule has 1 aliphatic carbocycles. The minimum atomic E-state index is 0.228. The Kier molecular flexibility index (Phi) is 4.03. The molecular formula is C14H23N5O. The number of piperazine rings is 1. The molecule has 3 rings (SSSR count). The lowest BCUT2D eigenvalue weighted by molar-refractivity contribution is -0.132. The van der Waals surface area contributed by atoms with Crippen LogP contribution in [-0.4, -0.2) is 65.0 Å². The van der Waals surface area contributed by atoms with Gasteiger partial charge in [-0.3, -0.25) is 9.69 Å². The molecule has 0 radical (unpaired) electrons. The number of amides is 1. The lowest BCUT2D eigenvalue weighted by atomic mass is 10.3. The third-order valence-electron chi connectivity index (χ3n) is 3.99. The first-order chi connectivity index (χ1) is 9.74. The molecule has 0 atom stereocenters. The van der Waals surface area contributed by atoms with Crippen molar-refractivity contribution in [3.05, 3.63) is 18.2 Å². The van der Waals surface area contributed by atoms with Gasteiger partial charge in [0, 0.05) is 45.0 Å². The summed E-state index contributed by atoms with van der Waals surface area (Å²) in [5.41, 5.74) is 1.21. The van der Waals surface area contributed by atoms with E-state index in [4.69, 9.17) is 0 Å². The zero-order chi connectivity index (χ0) is 13.9. The first-order valence-corrected chi connectivity index (χ1v) is 7.42. The average Bonchev–Trinajstić information content (AvgIpc) is 3.20. The second-order valence-electron chi connectivity index (χ2n) is 5.83. The van der Waals surface area contributed by atoms with Gasteiger partial charge in [-0.1, -0.05) is 0 Å². The van der Waals surface area contributed by atoms with Gasteiger partial charge >= 0.3 is 0 Å². The molecule has 1 aromatic rings. The average molecular weight is 277 g/mol. The second-order valence-corrected chi connectivity index (χ2v) is 5.83. The summed E-state index contributed by atoms with van der Waals surface area (Å²) in [4.78, 5) is 20.5. The fourth-order valence-corrected chi connectivity index (χ4v) is 2.71. The molecule has 2 fully saturated rings. The highest BCUT2D eigenvalue weighted by molar-refractivity contribution is 5.78. The van der Waals surface area contributed by atoms with E-state index >= 15 is 0 Å². The predicted molar refractivity (Wildman–Crippen MR) is 76.3 cm³/mol. The zero-order valence-corrected chi connectivity index (χ0v) is 12.1. The molecule has 0 unspecified atom stereocenters. The SMILES string of the molecule is CN(CC(=O)N1CCNCC1)Cc1cncn1C1CC1. The molecule has 0 bridgehead atoms. The fourth-order valence-electron chi connectivity index (χ4n) is 2.71. The van der Waals surface area contributed by atoms with Crippen molar-refractivity contribution < 1.29 is 4.79 Å². The molecule has 1 aliphatic heterocycles. The number of rotatable bonds is 5. The van der Waals surface area contributed by atoms with Crippen molar-refractivity contribution in [2.75, 3.05) is 39.8 Å². The van der Waals surface area contributed by atoms with Crippen molar-refractivity contribution in [3.63, 3.8) is 0 Å². The number of imidazole rings is 1. The van der Waals surface area contributed by atoms with Gasteiger partial charge in [-0.15, -0.1) is 0 Å². The van der Waals surface area contributed by atoms with Crippen molar-refractivity contribution in [2.45, 2.75) is 25.4 Å². The van der Waals surface area contributed by atoms with E-state index in [1.165, 1.54) is 18.5 Å². The van der Waals surface area contributed by atoms with E-state index in [0.717, 1.165) is 32.7 Å². The third kappa shape index (κ3) is 3.19. The van der Waals surface area contributed by atoms with E-state index in [0.29, 0.717) is 12.6 Å². The normalized spacial score (nSPS) is 19.6. The Balaban J connectivity index is 1.52. The van der Waals surface area contributed by atoms with E-state index in [1.807, 2.05) is 24.5 Å². The highest BCUT2D eigenvalue weighted by atomic mass is 16.2. The summed E-state index contributed by atoms with van der Waals surface area (Å²) in [6, 6.07) is 0.643. The quantitative estimate of drug-likeness (QED) is 0.828. The molecule has 1 N–H and O–H groups in total. The Morgan fingerprint density at radius 1 is 1.45 bits per heavy atom. The topological polar surface area (TPSA) is 53.4 Å². The number of aromatic nitrogens is 2. The first kappa shape index (κ1) is 13.6. The van der Waals surface area contributed by atoms with Crippen molar-refractivity contribution in [3.8, 4) is 0 Å². The standard InChI is InChI=1S/C14H23N5O/c1-17(10-14(20)18-6-4-15-5-7-18)9-13-8-16-11-19(13)12-2-3-12/h8,11-12,15H,2-7,9-10H2,1H3. The van der Waals surface area contributed by atoms with Crippen LogP contribution < -0.4 is 5.32 Å². The maximum Gasteiger partial charge on any atom is 0.236 e. The number of likely N-dealkylation sites (N-methyl/N-ethyl adjacent to an activating group) is 1. The van der Waals surface area contributed by atoms with Gasteiger partial charge in [0.1, 0.15) is 0 Å². The summed E-state index contributed by atoms with van der Waals surface area (Å²) in [5, 5.41) is 3.27. The number of nitrogens with one attached hydrogen (secondary N) is 1. The molecule has 0 spiro atoms. The first-order valence-electron chi connectivity index (χ1n) is 7.42. The molecule has 1 saturated carbocycles. The molecule has 1 saturated heterocycles. The highest BCUT2D eigenvalue weighted by Crippen LogP contribution is 2.35. The van der Waals surface area contributed by atoms with Gasteiger partial charge in [-0.05, 0) is 19.9 Å². The van der Waals surface area contributed by atoms with Crippen LogP contribution in [0.2, 0.25) is 0 Å². The largest absolute Gasteiger partial charge is 0.339 e. The second kappa shape index (κ2) is 5.93. The maximum absolute atomic E-state index is 12.2. The van der Waals surface area contributed by atoms with E-state index in [2.05, 4.69) is 19.8 Å². The van der Waals surface area contributed by atoms with Crippen LogP contribution in [0.25, 0.3) is 0 Å². The van der Waals surface area contributed by atoms with Gasteiger partial charge < -0.3 is 14.8 Å². The van der Waals surface area contributed by atoms with E-state index in [1.54, 1.807) is 0 Å². The lowest BCUT2D eigenvalue weighted by Crippen LogP contribution is -2.49. The van der Waals surface area contributed by atoms with Crippen LogP contribution >= 0.6 is 0 Å². The van der Waals surface area contributed by atoms with Crippen LogP contribution in [0, 0.1) is 0 Å². The van der Waals surface area contributed by atoms with Crippen LogP contribution in [0.4, 0.5) is 0 Å². The Morgan fingerprint density at radius 2 is 2.20 bits per heavy atom. The number of hydrogen-bond acceptors (Lipinski definition) is 4. The smallest absolute Gasteiger partial charge is 0.236 e. The highest BCUT2D eigenvalue weighted by Gasteiger charge is 2.26. The predicted octanol–water partition coefficient (Wildman–Crippen LogP) is 0.0816. The van der Waals surface area contributed by atoms with Crippen LogP contribution in [0.5, 0.6) is 0 Å². The fraction of sp³-hybridized carbons (Fsp3) is 0.714. The van der Waals surface area contributed by atoms with Crippen molar-refractivity contribution >= 4 is 5.91 Å². The van der Waals surface area contributed by atoms with Gasteiger partial charge in [0.25, 0.3) is 0 Å². The number of carbonyl (C=O) groups excluding carboxylic acids is 1. The van der Waals surface area contributed by atoms with Crippen molar-refractivity contribution in [1.29, 1.82) is 0 Å². The summed E-state index contributed by atoms with van der Waals surface area (Å²) >= 11 is 0. The van der Waals surface area contributed by atoms with Gasteiger partial charge in [-0.2, -0.15) is 0 Å². The Hall–Kier alpha value is -1.40. The molecule has 6 nitrogen and oxygen atoms in total. The van der Waals surface area contributed by atoms with Gasteiger partial charge in [0.05, 0.1) is 18.6 Å². The molecule has 1 aromatic heterocycles. The van der Waals surface area contributed by atoms with E-state index < -0.39 is 0 Å². The zero-order valence-electron chi connectivity index (χ0n) is 12.1. The minimum absolute atomic E-state index is 0.228.